The van der Waals surface area contributed by atoms with Crippen LogP contribution in [-0.4, -0.2) is 9.67 Å². The molecule has 1 heterocycles. The summed E-state index contributed by atoms with van der Waals surface area (Å²) >= 11 is 12.1. The van der Waals surface area contributed by atoms with Gasteiger partial charge >= 0.3 is 0 Å². The van der Waals surface area contributed by atoms with Gasteiger partial charge in [-0.3, -0.25) is 0 Å². The minimum absolute atomic E-state index is 0.00380. The highest BCUT2D eigenvalue weighted by atomic mass is 35.5. The Labute approximate surface area is 120 Å². The molecule has 0 fully saturated rings. The average molecular weight is 301 g/mol. The van der Waals surface area contributed by atoms with Crippen LogP contribution in [0.1, 0.15) is 26.2 Å². The Bertz CT molecular complexity index is 623. The Balaban J connectivity index is 2.62. The quantitative estimate of drug-likeness (QED) is 0.606. The van der Waals surface area contributed by atoms with Crippen molar-refractivity contribution in [3.8, 4) is 5.88 Å². The minimum Gasteiger partial charge on any atom is -0.493 e. The van der Waals surface area contributed by atoms with E-state index in [1.54, 1.807) is 16.7 Å². The molecule has 0 saturated heterocycles. The highest BCUT2D eigenvalue weighted by Crippen LogP contribution is 2.42. The van der Waals surface area contributed by atoms with E-state index in [2.05, 4.69) is 12.1 Å². The maximum absolute atomic E-state index is 10.9. The van der Waals surface area contributed by atoms with Gasteiger partial charge in [-0.25, -0.2) is 0 Å². The normalized spacial score (nSPS) is 11.1. The Hall–Kier alpha value is -1.26. The molecule has 0 aliphatic rings. The molecule has 4 nitrogen and oxygen atoms in total. The molecule has 0 bridgehead atoms. The van der Waals surface area contributed by atoms with E-state index in [1.807, 2.05) is 0 Å². The minimum atomic E-state index is -0.148. The smallest absolute Gasteiger partial charge is 0.222 e. The first-order chi connectivity index (χ1) is 9.10. The van der Waals surface area contributed by atoms with Crippen molar-refractivity contribution in [2.24, 2.45) is 5.18 Å². The molecule has 1 aromatic carbocycles. The zero-order chi connectivity index (χ0) is 14.0. The molecular weight excluding hydrogens is 287 g/mol. The average Bonchev–Trinajstić information content (AvgIpc) is 2.62. The SMILES string of the molecule is CCCCCn1c(O)c(N=O)c2cc(Cl)cc(Cl)c21. The molecule has 0 atom stereocenters. The molecule has 0 spiro atoms. The molecule has 6 heteroatoms. The van der Waals surface area contributed by atoms with E-state index in [4.69, 9.17) is 23.2 Å². The van der Waals surface area contributed by atoms with Crippen molar-refractivity contribution in [3.05, 3.63) is 27.1 Å². The number of hydrogen-bond acceptors (Lipinski definition) is 3. The maximum atomic E-state index is 10.9. The number of fused-ring (bicyclic) bond motifs is 1. The van der Waals surface area contributed by atoms with E-state index >= 15 is 0 Å². The zero-order valence-corrected chi connectivity index (χ0v) is 12.0. The third kappa shape index (κ3) is 2.55. The number of aryl methyl sites for hydroxylation is 1. The molecule has 1 N–H and O–H groups in total. The van der Waals surface area contributed by atoms with Gasteiger partial charge in [-0.2, -0.15) is 0 Å². The van der Waals surface area contributed by atoms with Crippen molar-refractivity contribution in [1.82, 2.24) is 4.57 Å². The number of nitrogens with zero attached hydrogens (tertiary/aromatic N) is 2. The van der Waals surface area contributed by atoms with Crippen molar-refractivity contribution in [2.75, 3.05) is 0 Å². The van der Waals surface area contributed by atoms with Crippen LogP contribution in [0, 0.1) is 4.91 Å². The molecule has 2 rings (SSSR count). The molecule has 0 amide bonds. The monoisotopic (exact) mass is 300 g/mol. The van der Waals surface area contributed by atoms with Crippen molar-refractivity contribution in [2.45, 2.75) is 32.7 Å². The first kappa shape index (κ1) is 14.2. The number of rotatable bonds is 5. The second kappa shape index (κ2) is 5.80. The number of halogens is 2. The van der Waals surface area contributed by atoms with Gasteiger partial charge in [0, 0.05) is 17.0 Å². The lowest BCUT2D eigenvalue weighted by atomic mass is 10.2. The number of hydrogen-bond donors (Lipinski definition) is 1. The summed E-state index contributed by atoms with van der Waals surface area (Å²) in [4.78, 5) is 10.9. The van der Waals surface area contributed by atoms with Gasteiger partial charge in [-0.1, -0.05) is 43.0 Å². The Morgan fingerprint density at radius 2 is 2.05 bits per heavy atom. The number of benzene rings is 1. The fourth-order valence-corrected chi connectivity index (χ4v) is 2.80. The van der Waals surface area contributed by atoms with Crippen LogP contribution in [0.25, 0.3) is 10.9 Å². The van der Waals surface area contributed by atoms with Gasteiger partial charge in [0.05, 0.1) is 10.5 Å². The highest BCUT2D eigenvalue weighted by molar-refractivity contribution is 6.39. The lowest BCUT2D eigenvalue weighted by Crippen LogP contribution is -1.97. The highest BCUT2D eigenvalue weighted by Gasteiger charge is 2.20. The van der Waals surface area contributed by atoms with E-state index < -0.39 is 0 Å². The van der Waals surface area contributed by atoms with Crippen molar-refractivity contribution < 1.29 is 5.11 Å². The second-order valence-corrected chi connectivity index (χ2v) is 5.25. The number of aromatic hydroxyl groups is 1. The van der Waals surface area contributed by atoms with E-state index in [1.165, 1.54) is 0 Å². The van der Waals surface area contributed by atoms with E-state index in [9.17, 15) is 10.0 Å². The zero-order valence-electron chi connectivity index (χ0n) is 10.5. The van der Waals surface area contributed by atoms with Crippen LogP contribution in [0.2, 0.25) is 10.0 Å². The molecule has 0 aliphatic carbocycles. The van der Waals surface area contributed by atoms with Gasteiger partial charge in [0.15, 0.2) is 5.69 Å². The Kier molecular flexibility index (Phi) is 4.32. The van der Waals surface area contributed by atoms with Crippen LogP contribution in [0.15, 0.2) is 17.3 Å². The summed E-state index contributed by atoms with van der Waals surface area (Å²) in [5, 5.41) is 14.3. The van der Waals surface area contributed by atoms with Crippen molar-refractivity contribution in [3.63, 3.8) is 0 Å². The summed E-state index contributed by atoms with van der Waals surface area (Å²) in [7, 11) is 0. The predicted octanol–water partition coefficient (Wildman–Crippen LogP) is 5.24. The van der Waals surface area contributed by atoms with Gasteiger partial charge in [0.1, 0.15) is 0 Å². The van der Waals surface area contributed by atoms with E-state index in [0.29, 0.717) is 27.5 Å². The fourth-order valence-electron chi connectivity index (χ4n) is 2.20. The second-order valence-electron chi connectivity index (χ2n) is 4.41. The maximum Gasteiger partial charge on any atom is 0.222 e. The fraction of sp³-hybridized carbons (Fsp3) is 0.385. The molecule has 19 heavy (non-hydrogen) atoms. The predicted molar refractivity (Wildman–Crippen MR) is 78.6 cm³/mol. The summed E-state index contributed by atoms with van der Waals surface area (Å²) in [5.74, 6) is -0.148. The van der Waals surface area contributed by atoms with Gasteiger partial charge in [0.2, 0.25) is 5.88 Å². The topological polar surface area (TPSA) is 54.6 Å². The molecule has 102 valence electrons. The van der Waals surface area contributed by atoms with Crippen molar-refractivity contribution in [1.29, 1.82) is 0 Å². The Morgan fingerprint density at radius 3 is 2.68 bits per heavy atom. The number of unbranched alkanes of at least 4 members (excludes halogenated alkanes) is 2. The summed E-state index contributed by atoms with van der Waals surface area (Å²) in [6.45, 7) is 2.69. The third-order valence-electron chi connectivity index (χ3n) is 3.10. The number of aromatic nitrogens is 1. The molecule has 0 unspecified atom stereocenters. The largest absolute Gasteiger partial charge is 0.493 e. The number of nitroso groups, excluding NO2 is 1. The molecule has 1 aromatic heterocycles. The molecule has 0 aliphatic heterocycles. The third-order valence-corrected chi connectivity index (χ3v) is 3.60. The Morgan fingerprint density at radius 1 is 1.32 bits per heavy atom. The lowest BCUT2D eigenvalue weighted by Gasteiger charge is -2.07. The van der Waals surface area contributed by atoms with Crippen LogP contribution in [0.3, 0.4) is 0 Å². The van der Waals surface area contributed by atoms with Crippen LogP contribution >= 0.6 is 23.2 Å². The summed E-state index contributed by atoms with van der Waals surface area (Å²) in [5.41, 5.74) is 0.602. The molecule has 2 aromatic rings. The van der Waals surface area contributed by atoms with Crippen molar-refractivity contribution >= 4 is 39.8 Å². The molecule has 0 radical (unpaired) electrons. The standard InChI is InChI=1S/C13H14Cl2N2O2/c1-2-3-4-5-17-12-9(11(16-19)13(17)18)6-8(14)7-10(12)15/h6-7,18H,2-5H2,1H3. The van der Waals surface area contributed by atoms with Gasteiger partial charge < -0.3 is 9.67 Å². The first-order valence-corrected chi connectivity index (χ1v) is 6.89. The van der Waals surface area contributed by atoms with E-state index in [-0.39, 0.29) is 11.6 Å². The lowest BCUT2D eigenvalue weighted by molar-refractivity contribution is 0.417. The summed E-state index contributed by atoms with van der Waals surface area (Å²) in [6, 6.07) is 3.19. The van der Waals surface area contributed by atoms with Gasteiger partial charge in [0.25, 0.3) is 0 Å². The van der Waals surface area contributed by atoms with E-state index in [0.717, 1.165) is 19.3 Å². The van der Waals surface area contributed by atoms with Crippen LogP contribution in [0.5, 0.6) is 5.88 Å². The summed E-state index contributed by atoms with van der Waals surface area (Å²) in [6.07, 6.45) is 3.00. The molecular formula is C13H14Cl2N2O2. The molecule has 0 saturated carbocycles. The van der Waals surface area contributed by atoms with Crippen LogP contribution < -0.4 is 0 Å². The van der Waals surface area contributed by atoms with Gasteiger partial charge in [-0.15, -0.1) is 4.91 Å². The first-order valence-electron chi connectivity index (χ1n) is 6.13. The van der Waals surface area contributed by atoms with Crippen LogP contribution in [-0.2, 0) is 6.54 Å². The van der Waals surface area contributed by atoms with Gasteiger partial charge in [-0.05, 0) is 23.7 Å². The summed E-state index contributed by atoms with van der Waals surface area (Å²) < 4.78 is 1.63. The van der Waals surface area contributed by atoms with Crippen LogP contribution in [0.4, 0.5) is 5.69 Å².